The molecule has 28 heavy (non-hydrogen) atoms. The molecule has 6 nitrogen and oxygen atoms in total. The number of fused-ring (bicyclic) bond motifs is 1. The first-order chi connectivity index (χ1) is 13.7. The molecule has 2 heterocycles. The van der Waals surface area contributed by atoms with E-state index in [4.69, 9.17) is 9.15 Å². The summed E-state index contributed by atoms with van der Waals surface area (Å²) >= 11 is 0. The maximum absolute atomic E-state index is 13.1. The largest absolute Gasteiger partial charge is 0.497 e. The van der Waals surface area contributed by atoms with Crippen LogP contribution in [-0.2, 0) is 0 Å². The van der Waals surface area contributed by atoms with E-state index in [2.05, 4.69) is 10.3 Å². The summed E-state index contributed by atoms with van der Waals surface area (Å²) in [6.07, 6.45) is 3.05. The first-order valence-corrected chi connectivity index (χ1v) is 8.59. The number of nitrogens with zero attached hydrogens (tertiary/aromatic N) is 1. The average Bonchev–Trinajstić information content (AvgIpc) is 3.12. The van der Waals surface area contributed by atoms with E-state index >= 15 is 0 Å². The Morgan fingerprint density at radius 1 is 0.964 bits per heavy atom. The van der Waals surface area contributed by atoms with Gasteiger partial charge in [-0.3, -0.25) is 14.6 Å². The minimum Gasteiger partial charge on any atom is -0.497 e. The summed E-state index contributed by atoms with van der Waals surface area (Å²) in [5.41, 5.74) is 1.67. The molecule has 0 atom stereocenters. The van der Waals surface area contributed by atoms with Crippen LogP contribution < -0.4 is 10.1 Å². The molecule has 6 heteroatoms. The SMILES string of the molecule is COc1ccc(C(=O)c2oc3ccccc3c2NC(=O)c2cccnc2)cc1. The molecule has 1 N–H and O–H groups in total. The van der Waals surface area contributed by atoms with E-state index < -0.39 is 0 Å². The van der Waals surface area contributed by atoms with Crippen LogP contribution in [0.25, 0.3) is 11.0 Å². The minimum absolute atomic E-state index is 0.0728. The topological polar surface area (TPSA) is 81.4 Å². The summed E-state index contributed by atoms with van der Waals surface area (Å²) in [7, 11) is 1.56. The lowest BCUT2D eigenvalue weighted by Gasteiger charge is -2.06. The number of benzene rings is 2. The van der Waals surface area contributed by atoms with Crippen molar-refractivity contribution in [2.24, 2.45) is 0 Å². The van der Waals surface area contributed by atoms with E-state index in [1.165, 1.54) is 6.20 Å². The van der Waals surface area contributed by atoms with Crippen molar-refractivity contribution in [1.82, 2.24) is 4.98 Å². The fourth-order valence-corrected chi connectivity index (χ4v) is 2.89. The number of carbonyl (C=O) groups excluding carboxylic acids is 2. The number of methoxy groups -OCH3 is 1. The molecule has 0 spiro atoms. The van der Waals surface area contributed by atoms with Gasteiger partial charge in [0, 0.05) is 23.3 Å². The molecule has 2 aromatic heterocycles. The quantitative estimate of drug-likeness (QED) is 0.528. The van der Waals surface area contributed by atoms with Gasteiger partial charge < -0.3 is 14.5 Å². The molecule has 0 aliphatic heterocycles. The van der Waals surface area contributed by atoms with Crippen LogP contribution >= 0.6 is 0 Å². The first kappa shape index (κ1) is 17.5. The number of hydrogen-bond acceptors (Lipinski definition) is 5. The summed E-state index contributed by atoms with van der Waals surface area (Å²) in [5, 5.41) is 3.45. The number of para-hydroxylation sites is 1. The van der Waals surface area contributed by atoms with Crippen LogP contribution in [0.1, 0.15) is 26.5 Å². The van der Waals surface area contributed by atoms with Gasteiger partial charge in [-0.1, -0.05) is 12.1 Å². The van der Waals surface area contributed by atoms with E-state index in [1.54, 1.807) is 67.9 Å². The lowest BCUT2D eigenvalue weighted by atomic mass is 10.1. The summed E-state index contributed by atoms with van der Waals surface area (Å²) < 4.78 is 10.9. The van der Waals surface area contributed by atoms with E-state index in [0.717, 1.165) is 0 Å². The van der Waals surface area contributed by atoms with Crippen molar-refractivity contribution in [3.8, 4) is 5.75 Å². The average molecular weight is 372 g/mol. The number of amides is 1. The zero-order valence-electron chi connectivity index (χ0n) is 15.0. The standard InChI is InChI=1S/C22H16N2O4/c1-27-16-10-8-14(9-11-16)20(25)21-19(17-6-2-3-7-18(17)28-21)24-22(26)15-5-4-12-23-13-15/h2-13H,1H3,(H,24,26). The van der Waals surface area contributed by atoms with Gasteiger partial charge in [-0.05, 0) is 48.5 Å². The third-order valence-corrected chi connectivity index (χ3v) is 4.32. The maximum Gasteiger partial charge on any atom is 0.257 e. The van der Waals surface area contributed by atoms with E-state index in [9.17, 15) is 9.59 Å². The molecule has 138 valence electrons. The Bertz CT molecular complexity index is 1150. The number of anilines is 1. The van der Waals surface area contributed by atoms with Gasteiger partial charge in [0.05, 0.1) is 18.4 Å². The molecule has 0 aliphatic rings. The molecular formula is C22H16N2O4. The predicted octanol–water partition coefficient (Wildman–Crippen LogP) is 4.32. The molecule has 4 rings (SSSR count). The Hall–Kier alpha value is -3.93. The number of ether oxygens (including phenoxy) is 1. The highest BCUT2D eigenvalue weighted by Crippen LogP contribution is 2.33. The Morgan fingerprint density at radius 3 is 2.46 bits per heavy atom. The predicted molar refractivity (Wildman–Crippen MR) is 105 cm³/mol. The molecule has 2 aromatic carbocycles. The third kappa shape index (κ3) is 3.23. The lowest BCUT2D eigenvalue weighted by Crippen LogP contribution is -2.14. The van der Waals surface area contributed by atoms with Gasteiger partial charge in [0.2, 0.25) is 5.78 Å². The first-order valence-electron chi connectivity index (χ1n) is 8.59. The Labute approximate surface area is 160 Å². The summed E-state index contributed by atoms with van der Waals surface area (Å²) in [5.74, 6) is 0.0126. The van der Waals surface area contributed by atoms with Crippen molar-refractivity contribution in [2.45, 2.75) is 0 Å². The Balaban J connectivity index is 1.76. The summed E-state index contributed by atoms with van der Waals surface area (Å²) in [4.78, 5) is 29.6. The van der Waals surface area contributed by atoms with E-state index in [-0.39, 0.29) is 17.5 Å². The van der Waals surface area contributed by atoms with Crippen molar-refractivity contribution >= 4 is 28.3 Å². The van der Waals surface area contributed by atoms with Crippen molar-refractivity contribution in [3.05, 3.63) is 89.9 Å². The lowest BCUT2D eigenvalue weighted by molar-refractivity contribution is 0.101. The number of ketones is 1. The Kier molecular flexibility index (Phi) is 4.60. The van der Waals surface area contributed by atoms with Crippen LogP contribution in [0.2, 0.25) is 0 Å². The van der Waals surface area contributed by atoms with Crippen LogP contribution in [0, 0.1) is 0 Å². The highest BCUT2D eigenvalue weighted by atomic mass is 16.5. The fraction of sp³-hybridized carbons (Fsp3) is 0.0455. The van der Waals surface area contributed by atoms with Crippen molar-refractivity contribution in [1.29, 1.82) is 0 Å². The molecule has 0 saturated heterocycles. The monoisotopic (exact) mass is 372 g/mol. The highest BCUT2D eigenvalue weighted by molar-refractivity contribution is 6.18. The van der Waals surface area contributed by atoms with Crippen LogP contribution in [-0.4, -0.2) is 23.8 Å². The number of aromatic nitrogens is 1. The molecular weight excluding hydrogens is 356 g/mol. The molecule has 0 fully saturated rings. The second-order valence-electron chi connectivity index (χ2n) is 6.06. The molecule has 0 aliphatic carbocycles. The van der Waals surface area contributed by atoms with Crippen LogP contribution in [0.15, 0.2) is 77.5 Å². The molecule has 0 saturated carbocycles. The van der Waals surface area contributed by atoms with E-state index in [1.807, 2.05) is 6.07 Å². The van der Waals surface area contributed by atoms with Gasteiger partial charge in [-0.2, -0.15) is 0 Å². The maximum atomic E-state index is 13.1. The smallest absolute Gasteiger partial charge is 0.257 e. The third-order valence-electron chi connectivity index (χ3n) is 4.32. The summed E-state index contributed by atoms with van der Waals surface area (Å²) in [6, 6.07) is 17.2. The molecule has 4 aromatic rings. The van der Waals surface area contributed by atoms with E-state index in [0.29, 0.717) is 33.5 Å². The number of carbonyl (C=O) groups is 2. The van der Waals surface area contributed by atoms with Crippen LogP contribution in [0.3, 0.4) is 0 Å². The minimum atomic E-state index is -0.372. The van der Waals surface area contributed by atoms with Gasteiger partial charge in [0.25, 0.3) is 5.91 Å². The van der Waals surface area contributed by atoms with Gasteiger partial charge in [-0.25, -0.2) is 0 Å². The number of nitrogens with one attached hydrogen (secondary N) is 1. The number of hydrogen-bond donors (Lipinski definition) is 1. The van der Waals surface area contributed by atoms with Gasteiger partial charge >= 0.3 is 0 Å². The second kappa shape index (κ2) is 7.36. The molecule has 0 bridgehead atoms. The fourth-order valence-electron chi connectivity index (χ4n) is 2.89. The summed E-state index contributed by atoms with van der Waals surface area (Å²) in [6.45, 7) is 0. The van der Waals surface area contributed by atoms with Gasteiger partial charge in [0.15, 0.2) is 5.76 Å². The number of pyridine rings is 1. The van der Waals surface area contributed by atoms with Gasteiger partial charge in [0.1, 0.15) is 11.3 Å². The molecule has 0 unspecified atom stereocenters. The molecule has 1 amide bonds. The highest BCUT2D eigenvalue weighted by Gasteiger charge is 2.23. The zero-order chi connectivity index (χ0) is 19.5. The molecule has 0 radical (unpaired) electrons. The van der Waals surface area contributed by atoms with Gasteiger partial charge in [-0.15, -0.1) is 0 Å². The van der Waals surface area contributed by atoms with Crippen molar-refractivity contribution in [2.75, 3.05) is 12.4 Å². The zero-order valence-corrected chi connectivity index (χ0v) is 15.0. The Morgan fingerprint density at radius 2 is 1.75 bits per heavy atom. The number of furan rings is 1. The van der Waals surface area contributed by atoms with Crippen LogP contribution in [0.4, 0.5) is 5.69 Å². The van der Waals surface area contributed by atoms with Crippen LogP contribution in [0.5, 0.6) is 5.75 Å². The van der Waals surface area contributed by atoms with Crippen molar-refractivity contribution < 1.29 is 18.7 Å². The normalized spacial score (nSPS) is 10.6. The number of rotatable bonds is 5. The van der Waals surface area contributed by atoms with Crippen molar-refractivity contribution in [3.63, 3.8) is 0 Å². The second-order valence-corrected chi connectivity index (χ2v) is 6.06.